The highest BCUT2D eigenvalue weighted by Gasteiger charge is 2.71. The lowest BCUT2D eigenvalue weighted by Gasteiger charge is -2.32. The molecular weight excluding hydrogens is 306 g/mol. The number of methoxy groups -OCH3 is 2. The Hall–Kier alpha value is -2.27. The Bertz CT molecular complexity index is 818. The number of carbonyl (C=O) groups is 1. The van der Waals surface area contributed by atoms with Crippen molar-refractivity contribution in [2.75, 3.05) is 14.2 Å². The number of aliphatic carboxylic acids is 1. The van der Waals surface area contributed by atoms with E-state index in [2.05, 4.69) is 23.5 Å². The number of carboxylic acids is 1. The summed E-state index contributed by atoms with van der Waals surface area (Å²) in [5.41, 5.74) is 0.786. The van der Waals surface area contributed by atoms with Gasteiger partial charge < -0.3 is 19.9 Å². The predicted molar refractivity (Wildman–Crippen MR) is 90.5 cm³/mol. The number of hydrogen-bond acceptors (Lipinski definition) is 4. The molecule has 126 valence electrons. The Morgan fingerprint density at radius 2 is 1.88 bits per heavy atom. The molecule has 0 unspecified atom stereocenters. The van der Waals surface area contributed by atoms with Gasteiger partial charge in [-0.2, -0.15) is 0 Å². The van der Waals surface area contributed by atoms with E-state index in [-0.39, 0.29) is 0 Å². The summed E-state index contributed by atoms with van der Waals surface area (Å²) in [6, 6.07) is 10.6. The molecule has 0 saturated heterocycles. The van der Waals surface area contributed by atoms with Crippen LogP contribution in [0.5, 0.6) is 11.5 Å². The number of benzene rings is 2. The highest BCUT2D eigenvalue weighted by Crippen LogP contribution is 2.67. The Balaban J connectivity index is 1.47. The van der Waals surface area contributed by atoms with E-state index in [0.29, 0.717) is 12.0 Å². The van der Waals surface area contributed by atoms with Gasteiger partial charge in [0, 0.05) is 12.6 Å². The van der Waals surface area contributed by atoms with Gasteiger partial charge in [-0.05, 0) is 53.3 Å². The van der Waals surface area contributed by atoms with E-state index in [1.807, 2.05) is 12.1 Å². The fraction of sp³-hybridized carbons (Fsp3) is 0.421. The molecule has 0 bridgehead atoms. The molecule has 0 aliphatic heterocycles. The summed E-state index contributed by atoms with van der Waals surface area (Å²) in [5, 5.41) is 14.9. The molecule has 0 amide bonds. The second-order valence-electron chi connectivity index (χ2n) is 6.85. The lowest BCUT2D eigenvalue weighted by atomic mass is 9.80. The third kappa shape index (κ3) is 2.23. The van der Waals surface area contributed by atoms with E-state index in [9.17, 15) is 9.90 Å². The van der Waals surface area contributed by atoms with Crippen molar-refractivity contribution < 1.29 is 19.4 Å². The van der Waals surface area contributed by atoms with E-state index in [0.717, 1.165) is 41.7 Å². The van der Waals surface area contributed by atoms with E-state index in [1.54, 1.807) is 14.2 Å². The molecular formula is C19H21NO4. The summed E-state index contributed by atoms with van der Waals surface area (Å²) in [6.45, 7) is 0.751. The average Bonchev–Trinajstić information content (AvgIpc) is 3.19. The molecule has 3 atom stereocenters. The smallest absolute Gasteiger partial charge is 0.310 e. The maximum Gasteiger partial charge on any atom is 0.310 e. The summed E-state index contributed by atoms with van der Waals surface area (Å²) in [5.74, 6) is 1.14. The van der Waals surface area contributed by atoms with Crippen molar-refractivity contribution in [2.45, 2.75) is 25.4 Å². The molecule has 0 radical (unpaired) electrons. The van der Waals surface area contributed by atoms with Crippen LogP contribution in [0.1, 0.15) is 18.4 Å². The van der Waals surface area contributed by atoms with Gasteiger partial charge in [0.25, 0.3) is 0 Å². The molecule has 2 aromatic rings. The predicted octanol–water partition coefficient (Wildman–Crippen LogP) is 2.81. The van der Waals surface area contributed by atoms with Gasteiger partial charge in [0.2, 0.25) is 0 Å². The topological polar surface area (TPSA) is 67.8 Å². The van der Waals surface area contributed by atoms with Crippen molar-refractivity contribution in [3.8, 4) is 11.5 Å². The molecule has 24 heavy (non-hydrogen) atoms. The summed E-state index contributed by atoms with van der Waals surface area (Å²) >= 11 is 0. The lowest BCUT2D eigenvalue weighted by Crippen LogP contribution is -2.45. The van der Waals surface area contributed by atoms with Gasteiger partial charge in [0.05, 0.1) is 19.6 Å². The lowest BCUT2D eigenvalue weighted by molar-refractivity contribution is -0.147. The van der Waals surface area contributed by atoms with Crippen LogP contribution in [0.15, 0.2) is 30.3 Å². The number of nitrogens with one attached hydrogen (secondary N) is 1. The zero-order valence-corrected chi connectivity index (χ0v) is 13.8. The van der Waals surface area contributed by atoms with Crippen molar-refractivity contribution in [2.24, 2.45) is 11.3 Å². The van der Waals surface area contributed by atoms with Crippen LogP contribution in [0.2, 0.25) is 0 Å². The first-order valence-electron chi connectivity index (χ1n) is 8.19. The first-order chi connectivity index (χ1) is 11.6. The molecule has 2 aliphatic carbocycles. The summed E-state index contributed by atoms with van der Waals surface area (Å²) in [4.78, 5) is 11.2. The van der Waals surface area contributed by atoms with Gasteiger partial charge in [-0.15, -0.1) is 0 Å². The van der Waals surface area contributed by atoms with Crippen molar-refractivity contribution in [1.82, 2.24) is 5.32 Å². The Labute approximate surface area is 140 Å². The zero-order valence-electron chi connectivity index (χ0n) is 13.8. The highest BCUT2D eigenvalue weighted by atomic mass is 16.5. The molecule has 2 saturated carbocycles. The third-order valence-corrected chi connectivity index (χ3v) is 5.61. The van der Waals surface area contributed by atoms with E-state index in [1.165, 1.54) is 5.56 Å². The Kier molecular flexibility index (Phi) is 3.42. The fourth-order valence-corrected chi connectivity index (χ4v) is 4.00. The quantitative estimate of drug-likeness (QED) is 0.854. The molecule has 2 aliphatic rings. The van der Waals surface area contributed by atoms with E-state index >= 15 is 0 Å². The monoisotopic (exact) mass is 327 g/mol. The minimum atomic E-state index is -0.628. The van der Waals surface area contributed by atoms with Crippen LogP contribution in [-0.2, 0) is 11.3 Å². The van der Waals surface area contributed by atoms with Crippen molar-refractivity contribution >= 4 is 16.7 Å². The van der Waals surface area contributed by atoms with Gasteiger partial charge in [-0.25, -0.2) is 0 Å². The normalized spacial score (nSPS) is 27.2. The SMILES string of the molecule is COc1cc2ccc(CN[C@@H]3C[C@]4(C(=O)O)C[C@H]34)cc2cc1OC. The van der Waals surface area contributed by atoms with Crippen LogP contribution in [-0.4, -0.2) is 31.3 Å². The second kappa shape index (κ2) is 5.38. The molecule has 2 N–H and O–H groups in total. The van der Waals surface area contributed by atoms with Crippen molar-refractivity contribution in [1.29, 1.82) is 0 Å². The number of hydrogen-bond donors (Lipinski definition) is 2. The molecule has 2 fully saturated rings. The summed E-state index contributed by atoms with van der Waals surface area (Å²) in [6.07, 6.45) is 1.58. The average molecular weight is 327 g/mol. The highest BCUT2D eigenvalue weighted by molar-refractivity contribution is 5.86. The molecule has 5 heteroatoms. The van der Waals surface area contributed by atoms with Crippen molar-refractivity contribution in [3.05, 3.63) is 35.9 Å². The minimum absolute atomic E-state index is 0.319. The number of ether oxygens (including phenoxy) is 2. The van der Waals surface area contributed by atoms with Crippen LogP contribution in [0.3, 0.4) is 0 Å². The fourth-order valence-electron chi connectivity index (χ4n) is 4.00. The molecule has 0 spiro atoms. The summed E-state index contributed by atoms with van der Waals surface area (Å²) < 4.78 is 10.7. The van der Waals surface area contributed by atoms with Gasteiger partial charge in [0.1, 0.15) is 0 Å². The largest absolute Gasteiger partial charge is 0.493 e. The summed E-state index contributed by atoms with van der Waals surface area (Å²) in [7, 11) is 3.27. The van der Waals surface area contributed by atoms with Crippen LogP contribution in [0.25, 0.3) is 10.8 Å². The van der Waals surface area contributed by atoms with Gasteiger partial charge >= 0.3 is 5.97 Å². The minimum Gasteiger partial charge on any atom is -0.493 e. The Morgan fingerprint density at radius 1 is 1.17 bits per heavy atom. The number of fused-ring (bicyclic) bond motifs is 2. The number of rotatable bonds is 6. The van der Waals surface area contributed by atoms with Gasteiger partial charge in [-0.3, -0.25) is 4.79 Å². The third-order valence-electron chi connectivity index (χ3n) is 5.61. The van der Waals surface area contributed by atoms with Crippen LogP contribution >= 0.6 is 0 Å². The second-order valence-corrected chi connectivity index (χ2v) is 6.85. The first kappa shape index (κ1) is 15.3. The van der Waals surface area contributed by atoms with Gasteiger partial charge in [-0.1, -0.05) is 12.1 Å². The standard InChI is InChI=1S/C19H21NO4/c1-23-16-6-12-4-3-11(5-13(12)7-17(16)24-2)10-20-15-9-19(18(21)22)8-14(15)19/h3-7,14-15,20H,8-10H2,1-2H3,(H,21,22)/t14-,15-,19-/m1/s1. The van der Waals surface area contributed by atoms with Crippen LogP contribution in [0.4, 0.5) is 0 Å². The van der Waals surface area contributed by atoms with Crippen LogP contribution in [0, 0.1) is 11.3 Å². The first-order valence-corrected chi connectivity index (χ1v) is 8.19. The molecule has 4 rings (SSSR count). The van der Waals surface area contributed by atoms with E-state index < -0.39 is 11.4 Å². The maximum atomic E-state index is 11.2. The maximum absolute atomic E-state index is 11.2. The molecule has 2 aromatic carbocycles. The van der Waals surface area contributed by atoms with Crippen LogP contribution < -0.4 is 14.8 Å². The molecule has 0 aromatic heterocycles. The van der Waals surface area contributed by atoms with Crippen molar-refractivity contribution in [3.63, 3.8) is 0 Å². The Morgan fingerprint density at radius 3 is 2.46 bits per heavy atom. The number of carboxylic acid groups (broad SMARTS) is 1. The van der Waals surface area contributed by atoms with Gasteiger partial charge in [0.15, 0.2) is 11.5 Å². The molecule has 0 heterocycles. The van der Waals surface area contributed by atoms with E-state index in [4.69, 9.17) is 9.47 Å². The zero-order chi connectivity index (χ0) is 16.9. The molecule has 5 nitrogen and oxygen atoms in total.